The van der Waals surface area contributed by atoms with Gasteiger partial charge in [-0.15, -0.1) is 0 Å². The van der Waals surface area contributed by atoms with Crippen molar-refractivity contribution in [1.29, 1.82) is 0 Å². The van der Waals surface area contributed by atoms with Gasteiger partial charge in [0, 0.05) is 12.1 Å². The lowest BCUT2D eigenvalue weighted by Gasteiger charge is -2.38. The minimum Gasteiger partial charge on any atom is -0.329 e. The highest BCUT2D eigenvalue weighted by molar-refractivity contribution is 4.99. The van der Waals surface area contributed by atoms with Gasteiger partial charge in [-0.25, -0.2) is 0 Å². The number of rotatable bonds is 6. The largest absolute Gasteiger partial charge is 0.329 e. The first kappa shape index (κ1) is 11.0. The summed E-state index contributed by atoms with van der Waals surface area (Å²) < 4.78 is 0. The van der Waals surface area contributed by atoms with Crippen LogP contribution in [0.5, 0.6) is 0 Å². The summed E-state index contributed by atoms with van der Waals surface area (Å²) in [7, 11) is 2.22. The van der Waals surface area contributed by atoms with E-state index in [1.807, 2.05) is 0 Å². The second-order valence-electron chi connectivity index (χ2n) is 4.61. The molecule has 1 fully saturated rings. The Bertz CT molecular complexity index is 154. The molecule has 0 bridgehead atoms. The van der Waals surface area contributed by atoms with Crippen LogP contribution in [-0.4, -0.2) is 30.6 Å². The van der Waals surface area contributed by atoms with Crippen molar-refractivity contribution in [3.63, 3.8) is 0 Å². The summed E-state index contributed by atoms with van der Waals surface area (Å²) in [6.07, 6.45) is 5.32. The lowest BCUT2D eigenvalue weighted by atomic mass is 9.94. The highest BCUT2D eigenvalue weighted by Crippen LogP contribution is 2.41. The van der Waals surface area contributed by atoms with Crippen LogP contribution in [0.15, 0.2) is 0 Å². The van der Waals surface area contributed by atoms with E-state index in [9.17, 15) is 0 Å². The van der Waals surface area contributed by atoms with Crippen LogP contribution in [0, 0.1) is 5.92 Å². The molecule has 13 heavy (non-hydrogen) atoms. The van der Waals surface area contributed by atoms with Crippen LogP contribution in [0.1, 0.15) is 39.5 Å². The van der Waals surface area contributed by atoms with E-state index in [1.165, 1.54) is 32.2 Å². The fourth-order valence-electron chi connectivity index (χ4n) is 1.99. The molecule has 1 aliphatic carbocycles. The van der Waals surface area contributed by atoms with Crippen molar-refractivity contribution in [3.8, 4) is 0 Å². The van der Waals surface area contributed by atoms with Gasteiger partial charge in [-0.3, -0.25) is 4.90 Å². The van der Waals surface area contributed by atoms with Crippen molar-refractivity contribution in [1.82, 2.24) is 4.90 Å². The number of hydrogen-bond donors (Lipinski definition) is 1. The Morgan fingerprint density at radius 3 is 2.46 bits per heavy atom. The van der Waals surface area contributed by atoms with E-state index in [2.05, 4.69) is 25.8 Å². The zero-order valence-corrected chi connectivity index (χ0v) is 9.34. The van der Waals surface area contributed by atoms with Crippen LogP contribution in [0.3, 0.4) is 0 Å². The molecular weight excluding hydrogens is 160 g/mol. The standard InChI is InChI=1S/C11H24N2/c1-4-5-8-13(3)11(2,9-12)10-6-7-10/h10H,4-9,12H2,1-3H3. The van der Waals surface area contributed by atoms with E-state index in [4.69, 9.17) is 5.73 Å². The monoisotopic (exact) mass is 184 g/mol. The topological polar surface area (TPSA) is 29.3 Å². The van der Waals surface area contributed by atoms with Crippen molar-refractivity contribution in [2.75, 3.05) is 20.1 Å². The summed E-state index contributed by atoms with van der Waals surface area (Å²) in [5, 5.41) is 0. The zero-order valence-electron chi connectivity index (χ0n) is 9.34. The Hall–Kier alpha value is -0.0800. The summed E-state index contributed by atoms with van der Waals surface area (Å²) in [4.78, 5) is 2.47. The summed E-state index contributed by atoms with van der Waals surface area (Å²) in [6, 6.07) is 0. The molecule has 1 unspecified atom stereocenters. The fraction of sp³-hybridized carbons (Fsp3) is 1.00. The first-order valence-electron chi connectivity index (χ1n) is 5.56. The Balaban J connectivity index is 2.43. The molecule has 0 radical (unpaired) electrons. The summed E-state index contributed by atoms with van der Waals surface area (Å²) >= 11 is 0. The minimum absolute atomic E-state index is 0.273. The molecule has 1 rings (SSSR count). The molecule has 2 nitrogen and oxygen atoms in total. The first-order valence-corrected chi connectivity index (χ1v) is 5.56. The molecule has 2 N–H and O–H groups in total. The van der Waals surface area contributed by atoms with Gasteiger partial charge in [-0.05, 0) is 45.7 Å². The summed E-state index contributed by atoms with van der Waals surface area (Å²) in [6.45, 7) is 6.56. The number of nitrogens with zero attached hydrogens (tertiary/aromatic N) is 1. The maximum atomic E-state index is 5.88. The van der Waals surface area contributed by atoms with Gasteiger partial charge < -0.3 is 5.73 Å². The normalized spacial score (nSPS) is 21.9. The van der Waals surface area contributed by atoms with E-state index >= 15 is 0 Å². The molecule has 0 aliphatic heterocycles. The average Bonchev–Trinajstić information content (AvgIpc) is 2.96. The van der Waals surface area contributed by atoms with E-state index < -0.39 is 0 Å². The number of likely N-dealkylation sites (N-methyl/N-ethyl adjacent to an activating group) is 1. The summed E-state index contributed by atoms with van der Waals surface area (Å²) in [5.41, 5.74) is 6.15. The molecule has 1 atom stereocenters. The number of hydrogen-bond acceptors (Lipinski definition) is 2. The zero-order chi connectivity index (χ0) is 9.90. The summed E-state index contributed by atoms with van der Waals surface area (Å²) in [5.74, 6) is 0.861. The van der Waals surface area contributed by atoms with Crippen molar-refractivity contribution >= 4 is 0 Å². The fourth-order valence-corrected chi connectivity index (χ4v) is 1.99. The Morgan fingerprint density at radius 1 is 1.46 bits per heavy atom. The lowest BCUT2D eigenvalue weighted by molar-refractivity contribution is 0.119. The third kappa shape index (κ3) is 2.44. The van der Waals surface area contributed by atoms with Gasteiger partial charge in [0.05, 0.1) is 0 Å². The van der Waals surface area contributed by atoms with Crippen molar-refractivity contribution in [2.45, 2.75) is 45.1 Å². The van der Waals surface area contributed by atoms with Crippen LogP contribution in [0.25, 0.3) is 0 Å². The quantitative estimate of drug-likeness (QED) is 0.682. The number of nitrogens with two attached hydrogens (primary N) is 1. The molecule has 2 heteroatoms. The van der Waals surface area contributed by atoms with E-state index in [0.717, 1.165) is 12.5 Å². The van der Waals surface area contributed by atoms with Crippen LogP contribution >= 0.6 is 0 Å². The minimum atomic E-state index is 0.273. The van der Waals surface area contributed by atoms with Gasteiger partial charge in [-0.1, -0.05) is 13.3 Å². The van der Waals surface area contributed by atoms with Crippen LogP contribution in [0.4, 0.5) is 0 Å². The molecule has 78 valence electrons. The van der Waals surface area contributed by atoms with Crippen LogP contribution in [0.2, 0.25) is 0 Å². The third-order valence-corrected chi connectivity index (χ3v) is 3.59. The lowest BCUT2D eigenvalue weighted by Crippen LogP contribution is -2.51. The van der Waals surface area contributed by atoms with E-state index in [1.54, 1.807) is 0 Å². The molecule has 1 saturated carbocycles. The van der Waals surface area contributed by atoms with Gasteiger partial charge in [0.15, 0.2) is 0 Å². The Kier molecular flexibility index (Phi) is 3.74. The average molecular weight is 184 g/mol. The van der Waals surface area contributed by atoms with E-state index in [-0.39, 0.29) is 5.54 Å². The maximum absolute atomic E-state index is 5.88. The van der Waals surface area contributed by atoms with Gasteiger partial charge >= 0.3 is 0 Å². The predicted molar refractivity (Wildman–Crippen MR) is 57.7 cm³/mol. The Labute approximate surface area is 82.5 Å². The molecule has 0 aromatic heterocycles. The SMILES string of the molecule is CCCCN(C)C(C)(CN)C1CC1. The smallest absolute Gasteiger partial charge is 0.0328 e. The van der Waals surface area contributed by atoms with Crippen LogP contribution in [-0.2, 0) is 0 Å². The molecule has 1 aliphatic rings. The highest BCUT2D eigenvalue weighted by atomic mass is 15.2. The highest BCUT2D eigenvalue weighted by Gasteiger charge is 2.42. The van der Waals surface area contributed by atoms with Gasteiger partial charge in [0.25, 0.3) is 0 Å². The molecular formula is C11H24N2. The molecule has 0 amide bonds. The molecule has 0 saturated heterocycles. The predicted octanol–water partition coefficient (Wildman–Crippen LogP) is 1.85. The van der Waals surface area contributed by atoms with Crippen molar-refractivity contribution in [2.24, 2.45) is 11.7 Å². The number of unbranched alkanes of at least 4 members (excludes halogenated alkanes) is 1. The molecule has 0 spiro atoms. The molecule has 0 heterocycles. The molecule has 0 aromatic rings. The van der Waals surface area contributed by atoms with Gasteiger partial charge in [0.1, 0.15) is 0 Å². The van der Waals surface area contributed by atoms with E-state index in [0.29, 0.717) is 0 Å². The van der Waals surface area contributed by atoms with Gasteiger partial charge in [-0.2, -0.15) is 0 Å². The van der Waals surface area contributed by atoms with Crippen LogP contribution < -0.4 is 5.73 Å². The molecule has 0 aromatic carbocycles. The maximum Gasteiger partial charge on any atom is 0.0328 e. The van der Waals surface area contributed by atoms with Gasteiger partial charge in [0.2, 0.25) is 0 Å². The second-order valence-corrected chi connectivity index (χ2v) is 4.61. The third-order valence-electron chi connectivity index (χ3n) is 3.59. The Morgan fingerprint density at radius 2 is 2.08 bits per heavy atom. The van der Waals surface area contributed by atoms with Crippen molar-refractivity contribution in [3.05, 3.63) is 0 Å². The first-order chi connectivity index (χ1) is 6.15. The van der Waals surface area contributed by atoms with Crippen molar-refractivity contribution < 1.29 is 0 Å². The second kappa shape index (κ2) is 4.43.